The standard InChI is InChI=1S/C14H15IN2O4/c1-14(2,3)21-13(19)17-9-7-5-6-8(12(18)20-4)10(9)11(15)16-17/h5-7H,1-4H3. The zero-order chi connectivity index (χ0) is 15.8. The summed E-state index contributed by atoms with van der Waals surface area (Å²) in [6, 6.07) is 5.02. The van der Waals surface area contributed by atoms with E-state index in [0.29, 0.717) is 20.2 Å². The minimum absolute atomic E-state index is 0.370. The SMILES string of the molecule is COC(=O)c1cccc2c1c(I)nn2C(=O)OC(C)(C)C. The maximum absolute atomic E-state index is 12.2. The average Bonchev–Trinajstić information content (AvgIpc) is 2.74. The van der Waals surface area contributed by atoms with E-state index in [1.54, 1.807) is 39.0 Å². The highest BCUT2D eigenvalue weighted by Gasteiger charge is 2.24. The van der Waals surface area contributed by atoms with E-state index < -0.39 is 17.7 Å². The Hall–Kier alpha value is -1.64. The molecule has 0 aliphatic rings. The van der Waals surface area contributed by atoms with Crippen LogP contribution in [-0.4, -0.2) is 34.6 Å². The van der Waals surface area contributed by atoms with Gasteiger partial charge in [-0.2, -0.15) is 9.78 Å². The summed E-state index contributed by atoms with van der Waals surface area (Å²) in [5.41, 5.74) is 0.256. The van der Waals surface area contributed by atoms with Gasteiger partial charge in [0, 0.05) is 5.39 Å². The van der Waals surface area contributed by atoms with Crippen molar-refractivity contribution in [2.45, 2.75) is 26.4 Å². The number of nitrogens with zero attached hydrogens (tertiary/aromatic N) is 2. The fourth-order valence-electron chi connectivity index (χ4n) is 1.85. The van der Waals surface area contributed by atoms with E-state index in [9.17, 15) is 9.59 Å². The van der Waals surface area contributed by atoms with Gasteiger partial charge in [0.1, 0.15) is 9.30 Å². The number of fused-ring (bicyclic) bond motifs is 1. The maximum Gasteiger partial charge on any atom is 0.435 e. The molecule has 21 heavy (non-hydrogen) atoms. The van der Waals surface area contributed by atoms with Gasteiger partial charge in [-0.25, -0.2) is 9.59 Å². The molecule has 0 aliphatic heterocycles. The Bertz CT molecular complexity index is 716. The Morgan fingerprint density at radius 3 is 2.52 bits per heavy atom. The maximum atomic E-state index is 12.2. The number of aromatic nitrogens is 2. The topological polar surface area (TPSA) is 70.4 Å². The van der Waals surface area contributed by atoms with Crippen LogP contribution in [-0.2, 0) is 9.47 Å². The highest BCUT2D eigenvalue weighted by molar-refractivity contribution is 14.1. The van der Waals surface area contributed by atoms with Crippen LogP contribution >= 0.6 is 22.6 Å². The number of hydrogen-bond acceptors (Lipinski definition) is 5. The molecule has 0 aliphatic carbocycles. The van der Waals surface area contributed by atoms with Crippen LogP contribution < -0.4 is 0 Å². The number of hydrogen-bond donors (Lipinski definition) is 0. The Morgan fingerprint density at radius 2 is 1.95 bits per heavy atom. The zero-order valence-corrected chi connectivity index (χ0v) is 14.3. The van der Waals surface area contributed by atoms with Gasteiger partial charge in [0.25, 0.3) is 0 Å². The van der Waals surface area contributed by atoms with Crippen molar-refractivity contribution in [1.82, 2.24) is 9.78 Å². The van der Waals surface area contributed by atoms with Gasteiger partial charge in [-0.05, 0) is 55.5 Å². The van der Waals surface area contributed by atoms with Gasteiger partial charge < -0.3 is 9.47 Å². The molecule has 0 saturated heterocycles. The van der Waals surface area contributed by atoms with Crippen LogP contribution in [0.4, 0.5) is 4.79 Å². The van der Waals surface area contributed by atoms with Crippen molar-refractivity contribution in [3.05, 3.63) is 27.5 Å². The number of halogens is 1. The minimum Gasteiger partial charge on any atom is -0.465 e. The molecule has 0 saturated carbocycles. The molecule has 2 aromatic rings. The Kier molecular flexibility index (Phi) is 4.22. The normalized spacial score (nSPS) is 11.5. The second-order valence-corrected chi connectivity index (χ2v) is 6.40. The summed E-state index contributed by atoms with van der Waals surface area (Å²) in [7, 11) is 1.31. The van der Waals surface area contributed by atoms with Gasteiger partial charge in [0.05, 0.1) is 18.2 Å². The molecule has 0 N–H and O–H groups in total. The molecule has 0 unspecified atom stereocenters. The summed E-state index contributed by atoms with van der Waals surface area (Å²) < 4.78 is 11.8. The van der Waals surface area contributed by atoms with E-state index in [4.69, 9.17) is 9.47 Å². The van der Waals surface area contributed by atoms with Crippen LogP contribution in [0, 0.1) is 3.70 Å². The summed E-state index contributed by atoms with van der Waals surface area (Å²) in [6.07, 6.45) is -0.586. The molecule has 1 aromatic carbocycles. The van der Waals surface area contributed by atoms with Gasteiger partial charge in [-0.1, -0.05) is 6.07 Å². The van der Waals surface area contributed by atoms with E-state index in [0.717, 1.165) is 4.68 Å². The van der Waals surface area contributed by atoms with E-state index in [-0.39, 0.29) is 0 Å². The molecule has 1 aromatic heterocycles. The third-order valence-corrected chi connectivity index (χ3v) is 3.39. The van der Waals surface area contributed by atoms with Crippen LogP contribution in [0.5, 0.6) is 0 Å². The third-order valence-electron chi connectivity index (χ3n) is 2.64. The molecular formula is C14H15IN2O4. The lowest BCUT2D eigenvalue weighted by molar-refractivity contribution is 0.0520. The zero-order valence-electron chi connectivity index (χ0n) is 12.1. The van der Waals surface area contributed by atoms with Gasteiger partial charge in [0.2, 0.25) is 0 Å². The van der Waals surface area contributed by atoms with Crippen molar-refractivity contribution in [1.29, 1.82) is 0 Å². The third kappa shape index (κ3) is 3.17. The molecular weight excluding hydrogens is 387 g/mol. The molecule has 0 bridgehead atoms. The summed E-state index contributed by atoms with van der Waals surface area (Å²) in [6.45, 7) is 5.34. The summed E-state index contributed by atoms with van der Waals surface area (Å²) in [4.78, 5) is 24.0. The fourth-order valence-corrected chi connectivity index (χ4v) is 2.63. The van der Waals surface area contributed by atoms with Crippen LogP contribution in [0.3, 0.4) is 0 Å². The minimum atomic E-state index is -0.624. The van der Waals surface area contributed by atoms with Crippen LogP contribution in [0.1, 0.15) is 31.1 Å². The molecule has 0 amide bonds. The second-order valence-electron chi connectivity index (χ2n) is 5.37. The number of esters is 1. The predicted octanol–water partition coefficient (Wildman–Crippen LogP) is 3.21. The molecule has 0 spiro atoms. The smallest absolute Gasteiger partial charge is 0.435 e. The van der Waals surface area contributed by atoms with Gasteiger partial charge in [-0.3, -0.25) is 0 Å². The number of carbonyl (C=O) groups is 2. The van der Waals surface area contributed by atoms with E-state index >= 15 is 0 Å². The Balaban J connectivity index is 2.59. The molecule has 1 heterocycles. The summed E-state index contributed by atoms with van der Waals surface area (Å²) >= 11 is 1.98. The highest BCUT2D eigenvalue weighted by atomic mass is 127. The van der Waals surface area contributed by atoms with Crippen molar-refractivity contribution in [3.8, 4) is 0 Å². The first-order valence-corrected chi connectivity index (χ1v) is 7.31. The molecule has 2 rings (SSSR count). The molecule has 112 valence electrons. The first-order valence-electron chi connectivity index (χ1n) is 6.23. The quantitative estimate of drug-likeness (QED) is 0.541. The van der Waals surface area contributed by atoms with Gasteiger partial charge >= 0.3 is 12.1 Å². The molecule has 0 radical (unpaired) electrons. The summed E-state index contributed by atoms with van der Waals surface area (Å²) in [5, 5.41) is 4.75. The molecule has 7 heteroatoms. The number of ether oxygens (including phenoxy) is 2. The Morgan fingerprint density at radius 1 is 1.29 bits per heavy atom. The Labute approximate surface area is 135 Å². The van der Waals surface area contributed by atoms with E-state index in [2.05, 4.69) is 5.10 Å². The fraction of sp³-hybridized carbons (Fsp3) is 0.357. The number of methoxy groups -OCH3 is 1. The van der Waals surface area contributed by atoms with Crippen molar-refractivity contribution < 1.29 is 19.1 Å². The lowest BCUT2D eigenvalue weighted by atomic mass is 10.1. The summed E-state index contributed by atoms with van der Waals surface area (Å²) in [5.74, 6) is -0.470. The first-order chi connectivity index (χ1) is 9.74. The lowest BCUT2D eigenvalue weighted by Crippen LogP contribution is -2.27. The monoisotopic (exact) mass is 402 g/mol. The van der Waals surface area contributed by atoms with Crippen molar-refractivity contribution >= 4 is 45.6 Å². The lowest BCUT2D eigenvalue weighted by Gasteiger charge is -2.19. The van der Waals surface area contributed by atoms with Crippen molar-refractivity contribution in [3.63, 3.8) is 0 Å². The van der Waals surface area contributed by atoms with E-state index in [1.807, 2.05) is 22.6 Å². The number of rotatable bonds is 1. The highest BCUT2D eigenvalue weighted by Crippen LogP contribution is 2.25. The van der Waals surface area contributed by atoms with Gasteiger partial charge in [0.15, 0.2) is 0 Å². The van der Waals surface area contributed by atoms with Crippen LogP contribution in [0.15, 0.2) is 18.2 Å². The number of carbonyl (C=O) groups excluding carboxylic acids is 2. The molecule has 0 atom stereocenters. The number of benzene rings is 1. The van der Waals surface area contributed by atoms with Gasteiger partial charge in [-0.15, -0.1) is 0 Å². The van der Waals surface area contributed by atoms with Crippen LogP contribution in [0.2, 0.25) is 0 Å². The van der Waals surface area contributed by atoms with Crippen LogP contribution in [0.25, 0.3) is 10.9 Å². The van der Waals surface area contributed by atoms with E-state index in [1.165, 1.54) is 7.11 Å². The average molecular weight is 402 g/mol. The molecule has 6 nitrogen and oxygen atoms in total. The first kappa shape index (κ1) is 15.7. The van der Waals surface area contributed by atoms with Crippen molar-refractivity contribution in [2.75, 3.05) is 7.11 Å². The molecule has 0 fully saturated rings. The van der Waals surface area contributed by atoms with Crippen molar-refractivity contribution in [2.24, 2.45) is 0 Å². The second kappa shape index (κ2) is 5.63. The largest absolute Gasteiger partial charge is 0.465 e. The predicted molar refractivity (Wildman–Crippen MR) is 85.4 cm³/mol.